The Labute approximate surface area is 61.8 Å². The molecule has 2 rings (SSSR count). The number of fused-ring (bicyclic) bond motifs is 1. The highest BCUT2D eigenvalue weighted by atomic mass is 32.1. The molecule has 0 saturated carbocycles. The molecule has 4 heteroatoms. The molecule has 0 fully saturated rings. The first-order valence-corrected chi connectivity index (χ1v) is 3.75. The van der Waals surface area contributed by atoms with E-state index in [1.54, 1.807) is 0 Å². The van der Waals surface area contributed by atoms with Gasteiger partial charge in [0.15, 0.2) is 0 Å². The molecule has 0 bridgehead atoms. The Kier molecular flexibility index (Phi) is 0.990. The molecule has 1 aliphatic heterocycles. The van der Waals surface area contributed by atoms with Crippen molar-refractivity contribution >= 4 is 22.2 Å². The highest BCUT2D eigenvalue weighted by Gasteiger charge is 2.20. The fourth-order valence-corrected chi connectivity index (χ4v) is 1.89. The van der Waals surface area contributed by atoms with E-state index < -0.39 is 0 Å². The van der Waals surface area contributed by atoms with Crippen LogP contribution in [-0.2, 0) is 6.54 Å². The number of nitrogens with two attached hydrogens (primary N) is 1. The van der Waals surface area contributed by atoms with Gasteiger partial charge in [0.25, 0.3) is 5.91 Å². The molecule has 2 heterocycles. The third-order valence-electron chi connectivity index (χ3n) is 1.47. The highest BCUT2D eigenvalue weighted by molar-refractivity contribution is 7.18. The number of carbonyl (C=O) groups is 1. The summed E-state index contributed by atoms with van der Waals surface area (Å²) < 4.78 is 0. The van der Waals surface area contributed by atoms with Gasteiger partial charge in [-0.05, 0) is 11.6 Å². The Hall–Kier alpha value is -1.03. The van der Waals surface area contributed by atoms with Gasteiger partial charge in [0.05, 0.1) is 9.88 Å². The third kappa shape index (κ3) is 0.623. The van der Waals surface area contributed by atoms with Crippen LogP contribution >= 0.6 is 11.3 Å². The molecule has 3 nitrogen and oxygen atoms in total. The number of nitrogens with one attached hydrogen (secondary N) is 1. The predicted molar refractivity (Wildman–Crippen MR) is 39.9 cm³/mol. The molecule has 1 aromatic rings. The number of carbonyl (C=O) groups excluding carboxylic acids is 1. The zero-order chi connectivity index (χ0) is 7.14. The molecule has 0 saturated heterocycles. The summed E-state index contributed by atoms with van der Waals surface area (Å²) in [5, 5.41) is 3.43. The van der Waals surface area contributed by atoms with E-state index in [0.717, 1.165) is 15.4 Å². The minimum Gasteiger partial charge on any atom is -0.391 e. The molecular formula is C6H6N2OS. The summed E-state index contributed by atoms with van der Waals surface area (Å²) in [6.45, 7) is 0.641. The summed E-state index contributed by atoms with van der Waals surface area (Å²) in [6, 6.07) is 1.85. The van der Waals surface area contributed by atoms with E-state index in [0.29, 0.717) is 6.54 Å². The van der Waals surface area contributed by atoms with Gasteiger partial charge in [0, 0.05) is 6.54 Å². The van der Waals surface area contributed by atoms with Gasteiger partial charge in [0.1, 0.15) is 0 Å². The fraction of sp³-hybridized carbons (Fsp3) is 0.167. The summed E-state index contributed by atoms with van der Waals surface area (Å²) >= 11 is 1.35. The van der Waals surface area contributed by atoms with Crippen LogP contribution < -0.4 is 11.1 Å². The molecule has 0 atom stereocenters. The summed E-state index contributed by atoms with van der Waals surface area (Å²) in [5.41, 5.74) is 6.52. The van der Waals surface area contributed by atoms with Crippen LogP contribution in [0.5, 0.6) is 0 Å². The van der Waals surface area contributed by atoms with E-state index in [-0.39, 0.29) is 5.91 Å². The second kappa shape index (κ2) is 1.73. The van der Waals surface area contributed by atoms with Crippen molar-refractivity contribution in [2.75, 3.05) is 5.73 Å². The van der Waals surface area contributed by atoms with Crippen LogP contribution in [0.3, 0.4) is 0 Å². The second-order valence-corrected chi connectivity index (χ2v) is 3.27. The maximum Gasteiger partial charge on any atom is 0.262 e. The third-order valence-corrected chi connectivity index (χ3v) is 2.48. The van der Waals surface area contributed by atoms with Crippen LogP contribution in [0, 0.1) is 0 Å². The van der Waals surface area contributed by atoms with Gasteiger partial charge in [0.2, 0.25) is 0 Å². The quantitative estimate of drug-likeness (QED) is 0.574. The second-order valence-electron chi connectivity index (χ2n) is 2.19. The molecule has 3 N–H and O–H groups in total. The normalized spacial score (nSPS) is 15.0. The zero-order valence-electron chi connectivity index (χ0n) is 5.18. The number of rotatable bonds is 0. The van der Waals surface area contributed by atoms with E-state index >= 15 is 0 Å². The van der Waals surface area contributed by atoms with E-state index in [1.165, 1.54) is 11.3 Å². The van der Waals surface area contributed by atoms with Gasteiger partial charge in [-0.3, -0.25) is 4.79 Å². The van der Waals surface area contributed by atoms with E-state index in [1.807, 2.05) is 6.07 Å². The Morgan fingerprint density at radius 1 is 1.70 bits per heavy atom. The van der Waals surface area contributed by atoms with E-state index in [4.69, 9.17) is 5.73 Å². The topological polar surface area (TPSA) is 55.1 Å². The molecule has 1 aliphatic rings. The van der Waals surface area contributed by atoms with Crippen molar-refractivity contribution in [2.45, 2.75) is 6.54 Å². The average molecular weight is 154 g/mol. The lowest BCUT2D eigenvalue weighted by atomic mass is 10.3. The molecule has 0 aliphatic carbocycles. The number of amides is 1. The maximum absolute atomic E-state index is 10.9. The number of hydrogen-bond donors (Lipinski definition) is 2. The average Bonchev–Trinajstić information content (AvgIpc) is 2.35. The van der Waals surface area contributed by atoms with Crippen molar-refractivity contribution in [1.29, 1.82) is 0 Å². The minimum absolute atomic E-state index is 0.0108. The van der Waals surface area contributed by atoms with Crippen molar-refractivity contribution < 1.29 is 4.79 Å². The molecule has 0 radical (unpaired) electrons. The van der Waals surface area contributed by atoms with Gasteiger partial charge in [-0.15, -0.1) is 11.3 Å². The first-order valence-electron chi connectivity index (χ1n) is 2.94. The van der Waals surface area contributed by atoms with Crippen LogP contribution in [0.15, 0.2) is 6.07 Å². The molecular weight excluding hydrogens is 148 g/mol. The number of thiophene rings is 1. The lowest BCUT2D eigenvalue weighted by Crippen LogP contribution is -2.12. The number of anilines is 1. The van der Waals surface area contributed by atoms with Crippen LogP contribution in [0.2, 0.25) is 0 Å². The standard InChI is InChI=1S/C6H6N2OS/c7-4-1-3-2-8-6(9)5(3)10-4/h1H,2,7H2,(H,8,9). The van der Waals surface area contributed by atoms with Crippen LogP contribution in [0.4, 0.5) is 5.00 Å². The van der Waals surface area contributed by atoms with Crippen molar-refractivity contribution in [3.8, 4) is 0 Å². The highest BCUT2D eigenvalue weighted by Crippen LogP contribution is 2.27. The molecule has 0 aromatic carbocycles. The Bertz CT molecular complexity index is 292. The summed E-state index contributed by atoms with van der Waals surface area (Å²) in [5.74, 6) is 0.0108. The molecule has 0 unspecified atom stereocenters. The zero-order valence-corrected chi connectivity index (χ0v) is 5.99. The Balaban J connectivity index is 2.59. The first kappa shape index (κ1) is 5.73. The SMILES string of the molecule is Nc1cc2c(s1)C(=O)NC2. The molecule has 10 heavy (non-hydrogen) atoms. The van der Waals surface area contributed by atoms with E-state index in [9.17, 15) is 4.79 Å². The van der Waals surface area contributed by atoms with Crippen molar-refractivity contribution in [3.63, 3.8) is 0 Å². The van der Waals surface area contributed by atoms with Crippen molar-refractivity contribution in [2.24, 2.45) is 0 Å². The van der Waals surface area contributed by atoms with Crippen LogP contribution in [0.1, 0.15) is 15.2 Å². The minimum atomic E-state index is 0.0108. The van der Waals surface area contributed by atoms with Crippen LogP contribution in [0.25, 0.3) is 0 Å². The first-order chi connectivity index (χ1) is 4.77. The fourth-order valence-electron chi connectivity index (χ4n) is 1.03. The molecule has 0 spiro atoms. The predicted octanol–water partition coefficient (Wildman–Crippen LogP) is 0.574. The van der Waals surface area contributed by atoms with Gasteiger partial charge in [-0.25, -0.2) is 0 Å². The van der Waals surface area contributed by atoms with Gasteiger partial charge in [-0.2, -0.15) is 0 Å². The number of nitrogen functional groups attached to an aromatic ring is 1. The summed E-state index contributed by atoms with van der Waals surface area (Å²) in [6.07, 6.45) is 0. The van der Waals surface area contributed by atoms with Gasteiger partial charge >= 0.3 is 0 Å². The molecule has 52 valence electrons. The maximum atomic E-state index is 10.9. The van der Waals surface area contributed by atoms with Crippen molar-refractivity contribution in [1.82, 2.24) is 5.32 Å². The Morgan fingerprint density at radius 3 is 3.20 bits per heavy atom. The summed E-state index contributed by atoms with van der Waals surface area (Å²) in [4.78, 5) is 11.7. The largest absolute Gasteiger partial charge is 0.391 e. The number of hydrogen-bond acceptors (Lipinski definition) is 3. The van der Waals surface area contributed by atoms with Gasteiger partial charge in [-0.1, -0.05) is 0 Å². The van der Waals surface area contributed by atoms with Crippen LogP contribution in [-0.4, -0.2) is 5.91 Å². The van der Waals surface area contributed by atoms with Crippen molar-refractivity contribution in [3.05, 3.63) is 16.5 Å². The van der Waals surface area contributed by atoms with Gasteiger partial charge < -0.3 is 11.1 Å². The summed E-state index contributed by atoms with van der Waals surface area (Å²) in [7, 11) is 0. The molecule has 1 aromatic heterocycles. The lowest BCUT2D eigenvalue weighted by molar-refractivity contribution is 0.0969. The molecule has 1 amide bonds. The van der Waals surface area contributed by atoms with E-state index in [2.05, 4.69) is 5.32 Å². The monoisotopic (exact) mass is 154 g/mol. The lowest BCUT2D eigenvalue weighted by Gasteiger charge is -1.86. The Morgan fingerprint density at radius 2 is 2.50 bits per heavy atom. The smallest absolute Gasteiger partial charge is 0.262 e.